The van der Waals surface area contributed by atoms with Crippen LogP contribution in [0.25, 0.3) is 0 Å². The third-order valence-electron chi connectivity index (χ3n) is 2.76. The molecule has 2 rings (SSSR count). The number of ether oxygens (including phenoxy) is 1. The maximum atomic E-state index is 13.5. The van der Waals surface area contributed by atoms with Crippen molar-refractivity contribution in [3.05, 3.63) is 29.3 Å². The first-order valence-corrected chi connectivity index (χ1v) is 5.41. The summed E-state index contributed by atoms with van der Waals surface area (Å²) in [6, 6.07) is 3.75. The van der Waals surface area contributed by atoms with Crippen LogP contribution in [0.5, 0.6) is 0 Å². The first-order valence-electron chi connectivity index (χ1n) is 5.41. The molecule has 1 aliphatic heterocycles. The van der Waals surface area contributed by atoms with E-state index >= 15 is 0 Å². The molecule has 0 aliphatic carbocycles. The molecule has 0 radical (unpaired) electrons. The molecule has 0 bridgehead atoms. The van der Waals surface area contributed by atoms with Gasteiger partial charge in [0.1, 0.15) is 5.69 Å². The van der Waals surface area contributed by atoms with Crippen molar-refractivity contribution in [3.8, 4) is 6.07 Å². The fourth-order valence-electron chi connectivity index (χ4n) is 1.80. The molecule has 1 aromatic rings. The van der Waals surface area contributed by atoms with Crippen molar-refractivity contribution in [1.82, 2.24) is 0 Å². The van der Waals surface area contributed by atoms with Gasteiger partial charge in [-0.3, -0.25) is 0 Å². The van der Waals surface area contributed by atoms with Gasteiger partial charge in [-0.05, 0) is 18.6 Å². The predicted molar refractivity (Wildman–Crippen MR) is 58.5 cm³/mol. The van der Waals surface area contributed by atoms with E-state index in [-0.39, 0.29) is 17.2 Å². The van der Waals surface area contributed by atoms with Gasteiger partial charge in [-0.1, -0.05) is 0 Å². The smallest absolute Gasteiger partial charge is 0.150 e. The fourth-order valence-corrected chi connectivity index (χ4v) is 1.80. The van der Waals surface area contributed by atoms with E-state index in [1.54, 1.807) is 6.07 Å². The normalized spacial score (nSPS) is 19.0. The lowest BCUT2D eigenvalue weighted by Crippen LogP contribution is -2.15. The van der Waals surface area contributed by atoms with Crippen molar-refractivity contribution in [3.63, 3.8) is 0 Å². The number of nitriles is 1. The zero-order valence-corrected chi connectivity index (χ0v) is 9.17. The highest BCUT2D eigenvalue weighted by molar-refractivity contribution is 5.50. The molecule has 1 N–H and O–H groups in total. The Hall–Kier alpha value is -1.67. The molecule has 1 atom stereocenters. The van der Waals surface area contributed by atoms with Crippen molar-refractivity contribution in [2.75, 3.05) is 25.1 Å². The molecule has 0 amide bonds. The first kappa shape index (κ1) is 11.8. The summed E-state index contributed by atoms with van der Waals surface area (Å²) in [7, 11) is 0. The highest BCUT2D eigenvalue weighted by Gasteiger charge is 2.17. The molecule has 0 aromatic heterocycles. The van der Waals surface area contributed by atoms with Gasteiger partial charge in [0.2, 0.25) is 0 Å². The Labute approximate surface area is 98.0 Å². The summed E-state index contributed by atoms with van der Waals surface area (Å²) in [5.41, 5.74) is -0.189. The van der Waals surface area contributed by atoms with Gasteiger partial charge in [0, 0.05) is 19.1 Å². The van der Waals surface area contributed by atoms with E-state index in [9.17, 15) is 8.78 Å². The lowest BCUT2D eigenvalue weighted by molar-refractivity contribution is 0.187. The van der Waals surface area contributed by atoms with Gasteiger partial charge in [0.25, 0.3) is 0 Å². The Morgan fingerprint density at radius 3 is 2.65 bits per heavy atom. The van der Waals surface area contributed by atoms with Crippen molar-refractivity contribution >= 4 is 5.69 Å². The molecule has 1 unspecified atom stereocenters. The molecule has 1 fully saturated rings. The highest BCUT2D eigenvalue weighted by atomic mass is 19.1. The zero-order valence-electron chi connectivity index (χ0n) is 9.17. The fraction of sp³-hybridized carbons (Fsp3) is 0.417. The molecule has 3 nitrogen and oxygen atoms in total. The van der Waals surface area contributed by atoms with Crippen LogP contribution >= 0.6 is 0 Å². The summed E-state index contributed by atoms with van der Waals surface area (Å²) in [5, 5.41) is 11.3. The average molecular weight is 238 g/mol. The SMILES string of the molecule is N#Cc1cc(F)c(NCC2CCOC2)c(F)c1. The third-order valence-corrected chi connectivity index (χ3v) is 2.76. The monoisotopic (exact) mass is 238 g/mol. The second-order valence-electron chi connectivity index (χ2n) is 4.04. The van der Waals surface area contributed by atoms with Crippen LogP contribution in [0.15, 0.2) is 12.1 Å². The quantitative estimate of drug-likeness (QED) is 0.878. The maximum Gasteiger partial charge on any atom is 0.150 e. The van der Waals surface area contributed by atoms with Crippen LogP contribution in [0.3, 0.4) is 0 Å². The van der Waals surface area contributed by atoms with E-state index < -0.39 is 11.6 Å². The summed E-state index contributed by atoms with van der Waals surface area (Å²) < 4.78 is 32.1. The number of anilines is 1. The minimum atomic E-state index is -0.736. The number of rotatable bonds is 3. The molecular formula is C12H12F2N2O. The molecular weight excluding hydrogens is 226 g/mol. The second-order valence-corrected chi connectivity index (χ2v) is 4.04. The number of nitrogens with one attached hydrogen (secondary N) is 1. The van der Waals surface area contributed by atoms with Crippen LogP contribution in [-0.4, -0.2) is 19.8 Å². The Morgan fingerprint density at radius 2 is 2.12 bits per heavy atom. The van der Waals surface area contributed by atoms with Gasteiger partial charge in [-0.2, -0.15) is 5.26 Å². The molecule has 1 aliphatic rings. The maximum absolute atomic E-state index is 13.5. The number of hydrogen-bond donors (Lipinski definition) is 1. The van der Waals surface area contributed by atoms with Crippen LogP contribution in [0.4, 0.5) is 14.5 Å². The standard InChI is InChI=1S/C12H12F2N2O/c13-10-3-9(5-15)4-11(14)12(10)16-6-8-1-2-17-7-8/h3-4,8,16H,1-2,6-7H2. The Bertz CT molecular complexity index is 427. The van der Waals surface area contributed by atoms with Crippen molar-refractivity contribution in [2.24, 2.45) is 5.92 Å². The topological polar surface area (TPSA) is 45.0 Å². The van der Waals surface area contributed by atoms with Gasteiger partial charge < -0.3 is 10.1 Å². The van der Waals surface area contributed by atoms with E-state index in [2.05, 4.69) is 5.32 Å². The summed E-state index contributed by atoms with van der Waals surface area (Å²) in [5.74, 6) is -1.19. The van der Waals surface area contributed by atoms with Crippen molar-refractivity contribution < 1.29 is 13.5 Å². The van der Waals surface area contributed by atoms with Gasteiger partial charge in [0.15, 0.2) is 11.6 Å². The predicted octanol–water partition coefficient (Wildman–Crippen LogP) is 2.28. The van der Waals surface area contributed by atoms with Crippen molar-refractivity contribution in [1.29, 1.82) is 5.26 Å². The number of benzene rings is 1. The summed E-state index contributed by atoms with van der Waals surface area (Å²) in [6.07, 6.45) is 0.895. The summed E-state index contributed by atoms with van der Waals surface area (Å²) >= 11 is 0. The van der Waals surface area contributed by atoms with Crippen LogP contribution in [0.2, 0.25) is 0 Å². The summed E-state index contributed by atoms with van der Waals surface area (Å²) in [4.78, 5) is 0. The van der Waals surface area contributed by atoms with Gasteiger partial charge >= 0.3 is 0 Å². The second kappa shape index (κ2) is 5.11. The molecule has 5 heteroatoms. The first-order chi connectivity index (χ1) is 8.20. The van der Waals surface area contributed by atoms with E-state index in [4.69, 9.17) is 10.00 Å². The third kappa shape index (κ3) is 2.71. The van der Waals surface area contributed by atoms with Crippen LogP contribution in [0.1, 0.15) is 12.0 Å². The van der Waals surface area contributed by atoms with E-state index in [1.807, 2.05) is 0 Å². The average Bonchev–Trinajstić information content (AvgIpc) is 2.80. The Kier molecular flexibility index (Phi) is 3.55. The minimum Gasteiger partial charge on any atom is -0.381 e. The molecule has 0 spiro atoms. The summed E-state index contributed by atoms with van der Waals surface area (Å²) in [6.45, 7) is 1.79. The Balaban J connectivity index is 2.07. The Morgan fingerprint density at radius 1 is 1.41 bits per heavy atom. The number of hydrogen-bond acceptors (Lipinski definition) is 3. The lowest BCUT2D eigenvalue weighted by Gasteiger charge is -2.12. The molecule has 1 aromatic carbocycles. The molecule has 0 saturated carbocycles. The van der Waals surface area contributed by atoms with E-state index in [0.29, 0.717) is 19.8 Å². The molecule has 1 saturated heterocycles. The molecule has 17 heavy (non-hydrogen) atoms. The van der Waals surface area contributed by atoms with Gasteiger partial charge in [0.05, 0.1) is 18.2 Å². The van der Waals surface area contributed by atoms with Crippen LogP contribution in [0, 0.1) is 28.9 Å². The molecule has 90 valence electrons. The van der Waals surface area contributed by atoms with Crippen LogP contribution < -0.4 is 5.32 Å². The largest absolute Gasteiger partial charge is 0.381 e. The van der Waals surface area contributed by atoms with Gasteiger partial charge in [-0.25, -0.2) is 8.78 Å². The minimum absolute atomic E-state index is 0.0188. The van der Waals surface area contributed by atoms with E-state index in [0.717, 1.165) is 18.6 Å². The van der Waals surface area contributed by atoms with Gasteiger partial charge in [-0.15, -0.1) is 0 Å². The lowest BCUT2D eigenvalue weighted by atomic mass is 10.1. The van der Waals surface area contributed by atoms with E-state index in [1.165, 1.54) is 0 Å². The zero-order chi connectivity index (χ0) is 12.3. The van der Waals surface area contributed by atoms with Crippen LogP contribution in [-0.2, 0) is 4.74 Å². The van der Waals surface area contributed by atoms with Crippen molar-refractivity contribution in [2.45, 2.75) is 6.42 Å². The number of halogens is 2. The highest BCUT2D eigenvalue weighted by Crippen LogP contribution is 2.22. The molecule has 1 heterocycles. The number of nitrogens with zero attached hydrogens (tertiary/aromatic N) is 1.